The minimum Gasteiger partial charge on any atom is -0.463 e. The fourth-order valence-electron chi connectivity index (χ4n) is 2.22. The highest BCUT2D eigenvalue weighted by atomic mass is 16.5. The maximum atomic E-state index is 5.73. The molecule has 1 aromatic heterocycles. The van der Waals surface area contributed by atoms with Gasteiger partial charge < -0.3 is 19.7 Å². The Hall–Kier alpha value is -1.63. The van der Waals surface area contributed by atoms with E-state index in [1.807, 2.05) is 0 Å². The molecule has 0 aliphatic carbocycles. The van der Waals surface area contributed by atoms with Crippen LogP contribution in [0.4, 0.5) is 11.9 Å². The molecule has 7 heteroatoms. The monoisotopic (exact) mass is 295 g/mol. The fourth-order valence-corrected chi connectivity index (χ4v) is 2.22. The number of nitrogens with zero attached hydrogens (tertiary/aromatic N) is 4. The van der Waals surface area contributed by atoms with Gasteiger partial charge in [-0.3, -0.25) is 0 Å². The predicted octanol–water partition coefficient (Wildman–Crippen LogP) is 1.56. The lowest BCUT2D eigenvalue weighted by atomic mass is 10.1. The van der Waals surface area contributed by atoms with Gasteiger partial charge in [0.05, 0.1) is 19.8 Å². The maximum absolute atomic E-state index is 5.73. The summed E-state index contributed by atoms with van der Waals surface area (Å²) in [7, 11) is 1.79. The van der Waals surface area contributed by atoms with Crippen molar-refractivity contribution in [1.82, 2.24) is 15.0 Å². The molecule has 0 radical (unpaired) electrons. The Balaban J connectivity index is 2.05. The highest BCUT2D eigenvalue weighted by Gasteiger charge is 2.17. The smallest absolute Gasteiger partial charge is 0.323 e. The van der Waals surface area contributed by atoms with E-state index in [0.29, 0.717) is 43.6 Å². The molecule has 0 bridgehead atoms. The van der Waals surface area contributed by atoms with Crippen molar-refractivity contribution in [2.45, 2.75) is 26.7 Å². The first-order valence-corrected chi connectivity index (χ1v) is 7.62. The van der Waals surface area contributed by atoms with Crippen LogP contribution in [0.1, 0.15) is 26.7 Å². The third-order valence-electron chi connectivity index (χ3n) is 3.40. The number of anilines is 2. The van der Waals surface area contributed by atoms with Crippen molar-refractivity contribution in [2.24, 2.45) is 5.92 Å². The summed E-state index contributed by atoms with van der Waals surface area (Å²) in [6, 6.07) is 0.388. The van der Waals surface area contributed by atoms with Gasteiger partial charge in [-0.1, -0.05) is 20.3 Å². The first kappa shape index (κ1) is 15.8. The van der Waals surface area contributed by atoms with Crippen molar-refractivity contribution in [3.63, 3.8) is 0 Å². The molecular formula is C14H25N5O2. The second-order valence-electron chi connectivity index (χ2n) is 5.30. The van der Waals surface area contributed by atoms with Crippen LogP contribution in [0.3, 0.4) is 0 Å². The lowest BCUT2D eigenvalue weighted by Gasteiger charge is -2.27. The average Bonchev–Trinajstić information content (AvgIpc) is 2.54. The molecule has 2 rings (SSSR count). The summed E-state index contributed by atoms with van der Waals surface area (Å²) < 4.78 is 11.1. The van der Waals surface area contributed by atoms with Gasteiger partial charge in [-0.15, -0.1) is 0 Å². The Morgan fingerprint density at radius 1 is 1.29 bits per heavy atom. The number of ether oxygens (including phenoxy) is 2. The van der Waals surface area contributed by atoms with Crippen molar-refractivity contribution in [3.8, 4) is 6.01 Å². The van der Waals surface area contributed by atoms with Gasteiger partial charge in [-0.05, 0) is 12.3 Å². The Labute approximate surface area is 126 Å². The number of hydrogen-bond donors (Lipinski definition) is 1. The van der Waals surface area contributed by atoms with E-state index in [4.69, 9.17) is 9.47 Å². The van der Waals surface area contributed by atoms with E-state index < -0.39 is 0 Å². The zero-order chi connectivity index (χ0) is 15.1. The molecule has 1 unspecified atom stereocenters. The van der Waals surface area contributed by atoms with Crippen molar-refractivity contribution in [2.75, 3.05) is 50.2 Å². The minimum atomic E-state index is 0.388. The molecule has 0 spiro atoms. The summed E-state index contributed by atoms with van der Waals surface area (Å²) >= 11 is 0. The summed E-state index contributed by atoms with van der Waals surface area (Å²) in [5.41, 5.74) is 0. The second-order valence-corrected chi connectivity index (χ2v) is 5.30. The lowest BCUT2D eigenvalue weighted by Crippen LogP contribution is -2.37. The molecule has 1 atom stereocenters. The average molecular weight is 295 g/mol. The van der Waals surface area contributed by atoms with Crippen LogP contribution in [0.25, 0.3) is 0 Å². The standard InChI is InChI=1S/C14H25N5O2/c1-4-5-11(2)10-21-14-17-12(15-3)16-13(18-14)19-6-8-20-9-7-19/h11H,4-10H2,1-3H3,(H,15,16,17,18). The number of hydrogen-bond acceptors (Lipinski definition) is 7. The molecule has 2 heterocycles. The van der Waals surface area contributed by atoms with Crippen LogP contribution in [0.2, 0.25) is 0 Å². The van der Waals surface area contributed by atoms with Crippen LogP contribution in [0.15, 0.2) is 0 Å². The van der Waals surface area contributed by atoms with E-state index in [1.54, 1.807) is 7.05 Å². The van der Waals surface area contributed by atoms with E-state index in [9.17, 15) is 0 Å². The van der Waals surface area contributed by atoms with E-state index in [1.165, 1.54) is 0 Å². The lowest BCUT2D eigenvalue weighted by molar-refractivity contribution is 0.122. The third-order valence-corrected chi connectivity index (χ3v) is 3.40. The maximum Gasteiger partial charge on any atom is 0.323 e. The summed E-state index contributed by atoms with van der Waals surface area (Å²) in [5.74, 6) is 1.68. The Kier molecular flexibility index (Phi) is 5.98. The largest absolute Gasteiger partial charge is 0.463 e. The van der Waals surface area contributed by atoms with Gasteiger partial charge in [0.25, 0.3) is 0 Å². The van der Waals surface area contributed by atoms with Gasteiger partial charge in [0.1, 0.15) is 0 Å². The van der Waals surface area contributed by atoms with Crippen molar-refractivity contribution < 1.29 is 9.47 Å². The molecule has 21 heavy (non-hydrogen) atoms. The third kappa shape index (κ3) is 4.70. The van der Waals surface area contributed by atoms with Crippen molar-refractivity contribution >= 4 is 11.9 Å². The van der Waals surface area contributed by atoms with Crippen LogP contribution in [0, 0.1) is 5.92 Å². The molecule has 0 saturated carbocycles. The highest BCUT2D eigenvalue weighted by molar-refractivity contribution is 5.38. The molecule has 1 fully saturated rings. The fraction of sp³-hybridized carbons (Fsp3) is 0.786. The number of morpholine rings is 1. The number of nitrogens with one attached hydrogen (secondary N) is 1. The van der Waals surface area contributed by atoms with Gasteiger partial charge in [0.2, 0.25) is 11.9 Å². The van der Waals surface area contributed by atoms with Crippen LogP contribution in [0.5, 0.6) is 6.01 Å². The molecule has 1 N–H and O–H groups in total. The first-order chi connectivity index (χ1) is 10.2. The van der Waals surface area contributed by atoms with E-state index in [0.717, 1.165) is 25.9 Å². The van der Waals surface area contributed by atoms with Gasteiger partial charge in [0, 0.05) is 20.1 Å². The van der Waals surface area contributed by atoms with Gasteiger partial charge >= 0.3 is 6.01 Å². The number of rotatable bonds is 7. The molecule has 7 nitrogen and oxygen atoms in total. The minimum absolute atomic E-state index is 0.388. The molecule has 1 aliphatic heterocycles. The molecule has 1 saturated heterocycles. The zero-order valence-electron chi connectivity index (χ0n) is 13.1. The van der Waals surface area contributed by atoms with Crippen LogP contribution >= 0.6 is 0 Å². The van der Waals surface area contributed by atoms with Crippen molar-refractivity contribution in [3.05, 3.63) is 0 Å². The molecule has 118 valence electrons. The van der Waals surface area contributed by atoms with Gasteiger partial charge in [0.15, 0.2) is 0 Å². The summed E-state index contributed by atoms with van der Waals surface area (Å²) in [5, 5.41) is 2.96. The van der Waals surface area contributed by atoms with Gasteiger partial charge in [-0.25, -0.2) is 0 Å². The molecular weight excluding hydrogens is 270 g/mol. The molecule has 1 aromatic rings. The Bertz CT molecular complexity index is 437. The predicted molar refractivity (Wildman–Crippen MR) is 82.0 cm³/mol. The topological polar surface area (TPSA) is 72.4 Å². The number of aromatic nitrogens is 3. The van der Waals surface area contributed by atoms with Gasteiger partial charge in [-0.2, -0.15) is 15.0 Å². The Morgan fingerprint density at radius 2 is 2.05 bits per heavy atom. The van der Waals surface area contributed by atoms with E-state index in [2.05, 4.69) is 39.0 Å². The van der Waals surface area contributed by atoms with Crippen LogP contribution < -0.4 is 15.0 Å². The van der Waals surface area contributed by atoms with Crippen molar-refractivity contribution in [1.29, 1.82) is 0 Å². The van der Waals surface area contributed by atoms with E-state index in [-0.39, 0.29) is 0 Å². The Morgan fingerprint density at radius 3 is 2.71 bits per heavy atom. The first-order valence-electron chi connectivity index (χ1n) is 7.62. The quantitative estimate of drug-likeness (QED) is 0.818. The van der Waals surface area contributed by atoms with Crippen LogP contribution in [-0.2, 0) is 4.74 Å². The summed E-state index contributed by atoms with van der Waals surface area (Å²) in [6.45, 7) is 7.96. The summed E-state index contributed by atoms with van der Waals surface area (Å²) in [6.07, 6.45) is 2.29. The second kappa shape index (κ2) is 7.97. The molecule has 0 aromatic carbocycles. The van der Waals surface area contributed by atoms with Crippen LogP contribution in [-0.4, -0.2) is 54.9 Å². The molecule has 0 amide bonds. The molecule has 1 aliphatic rings. The summed E-state index contributed by atoms with van der Waals surface area (Å²) in [4.78, 5) is 15.2. The zero-order valence-corrected chi connectivity index (χ0v) is 13.1. The van der Waals surface area contributed by atoms with E-state index >= 15 is 0 Å². The highest BCUT2D eigenvalue weighted by Crippen LogP contribution is 2.17. The normalized spacial score (nSPS) is 16.6. The SMILES string of the molecule is CCCC(C)COc1nc(NC)nc(N2CCOCC2)n1.